The van der Waals surface area contributed by atoms with Gasteiger partial charge in [0.2, 0.25) is 0 Å². The van der Waals surface area contributed by atoms with Crippen LogP contribution in [-0.2, 0) is 12.8 Å². The van der Waals surface area contributed by atoms with Crippen LogP contribution in [0, 0.1) is 0 Å². The Balaban J connectivity index is 1.47. The number of aromatic nitrogens is 4. The van der Waals surface area contributed by atoms with E-state index in [1.54, 1.807) is 13.3 Å². The molecule has 1 aliphatic carbocycles. The van der Waals surface area contributed by atoms with Gasteiger partial charge in [0.05, 0.1) is 12.6 Å². The van der Waals surface area contributed by atoms with Crippen molar-refractivity contribution in [2.24, 2.45) is 0 Å². The molecule has 1 fully saturated rings. The van der Waals surface area contributed by atoms with Gasteiger partial charge in [0.15, 0.2) is 0 Å². The predicted octanol–water partition coefficient (Wildman–Crippen LogP) is 3.87. The van der Waals surface area contributed by atoms with Crippen LogP contribution in [-0.4, -0.2) is 40.4 Å². The van der Waals surface area contributed by atoms with Crippen LogP contribution in [0.15, 0.2) is 42.6 Å². The third-order valence-corrected chi connectivity index (χ3v) is 6.20. The minimum atomic E-state index is -0.626. The Kier molecular flexibility index (Phi) is 3.81. The first kappa shape index (κ1) is 16.5. The average molecular weight is 398 g/mol. The summed E-state index contributed by atoms with van der Waals surface area (Å²) in [7, 11) is 1.68. The molecule has 6 heteroatoms. The molecule has 0 saturated carbocycles. The molecule has 3 aromatic heterocycles. The number of H-pyrrole nitrogens is 1. The molecule has 30 heavy (non-hydrogen) atoms. The van der Waals surface area contributed by atoms with E-state index in [-0.39, 0.29) is 0 Å². The summed E-state index contributed by atoms with van der Waals surface area (Å²) in [6.45, 7) is 1.27. The second-order valence-corrected chi connectivity index (χ2v) is 7.94. The number of hydrogen-bond acceptors (Lipinski definition) is 5. The quantitative estimate of drug-likeness (QED) is 0.546. The van der Waals surface area contributed by atoms with Crippen molar-refractivity contribution in [2.75, 3.05) is 20.2 Å². The molecule has 0 unspecified atom stereocenters. The third-order valence-electron chi connectivity index (χ3n) is 6.20. The highest BCUT2D eigenvalue weighted by atomic mass is 16.5. The fraction of sp³-hybridized carbons (Fsp3) is 0.292. The Labute approximate surface area is 176 Å². The van der Waals surface area contributed by atoms with Gasteiger partial charge in [0.1, 0.15) is 22.7 Å². The van der Waals surface area contributed by atoms with E-state index >= 15 is 0 Å². The minimum absolute atomic E-state index is 0.626. The van der Waals surface area contributed by atoms with Crippen LogP contribution in [0.1, 0.15) is 30.5 Å². The Morgan fingerprint density at radius 2 is 2.07 bits per heavy atom. The zero-order valence-corrected chi connectivity index (χ0v) is 16.8. The van der Waals surface area contributed by atoms with Gasteiger partial charge in [-0.1, -0.05) is 18.2 Å². The first-order valence-electron chi connectivity index (χ1n) is 10.9. The summed E-state index contributed by atoms with van der Waals surface area (Å²) in [5.41, 5.74) is 8.82. The van der Waals surface area contributed by atoms with Crippen LogP contribution in [0.3, 0.4) is 0 Å². The first-order valence-corrected chi connectivity index (χ1v) is 10.4. The number of methoxy groups -OCH3 is 1. The minimum Gasteiger partial charge on any atom is -0.494 e. The topological polar surface area (TPSA) is 75.7 Å². The molecule has 2 aliphatic rings. The Morgan fingerprint density at radius 3 is 2.83 bits per heavy atom. The maximum Gasteiger partial charge on any atom is 0.147 e. The number of fused-ring (bicyclic) bond motifs is 2. The molecule has 0 radical (unpaired) electrons. The van der Waals surface area contributed by atoms with Gasteiger partial charge in [-0.05, 0) is 42.5 Å². The highest BCUT2D eigenvalue weighted by molar-refractivity contribution is 5.93. The molecule has 2 N–H and O–H groups in total. The molecule has 0 atom stereocenters. The van der Waals surface area contributed by atoms with E-state index < -0.39 is 5.89 Å². The highest BCUT2D eigenvalue weighted by Crippen LogP contribution is 2.38. The number of nitrogens with one attached hydrogen (secondary N) is 2. The number of pyridine rings is 2. The van der Waals surface area contributed by atoms with Crippen molar-refractivity contribution in [1.82, 2.24) is 25.5 Å². The maximum absolute atomic E-state index is 8.43. The van der Waals surface area contributed by atoms with E-state index in [9.17, 15) is 0 Å². The van der Waals surface area contributed by atoms with Crippen molar-refractivity contribution >= 4 is 11.0 Å². The van der Waals surface area contributed by atoms with E-state index in [2.05, 4.69) is 38.7 Å². The Hall–Kier alpha value is -3.25. The molecule has 4 heterocycles. The van der Waals surface area contributed by atoms with Crippen molar-refractivity contribution < 1.29 is 6.11 Å². The number of ether oxygens (including phenoxy) is 1. The molecule has 0 bridgehead atoms. The van der Waals surface area contributed by atoms with Gasteiger partial charge in [-0.25, -0.2) is 4.98 Å². The lowest BCUT2D eigenvalue weighted by Crippen LogP contribution is -2.40. The smallest absolute Gasteiger partial charge is 0.147 e. The van der Waals surface area contributed by atoms with Crippen molar-refractivity contribution in [3.8, 4) is 28.3 Å². The highest BCUT2D eigenvalue weighted by Gasteiger charge is 2.22. The van der Waals surface area contributed by atoms with E-state index in [4.69, 9.17) is 11.1 Å². The second-order valence-electron chi connectivity index (χ2n) is 7.94. The van der Waals surface area contributed by atoms with Gasteiger partial charge in [-0.3, -0.25) is 10.1 Å². The van der Waals surface area contributed by atoms with Crippen molar-refractivity contribution in [1.29, 1.82) is 0 Å². The van der Waals surface area contributed by atoms with E-state index in [0.29, 0.717) is 13.1 Å². The number of hydrogen-bond donors (Lipinski definition) is 2. The number of nitrogens with zero attached hydrogens (tertiary/aromatic N) is 3. The lowest BCUT2D eigenvalue weighted by Gasteiger charge is -2.26. The molecule has 0 spiro atoms. The molecule has 6 rings (SSSR count). The Bertz CT molecular complexity index is 1290. The zero-order chi connectivity index (χ0) is 21.0. The molecular formula is C24H23N5O. The van der Waals surface area contributed by atoms with Crippen LogP contribution < -0.4 is 10.1 Å². The normalized spacial score (nSPS) is 17.4. The molecule has 1 saturated heterocycles. The summed E-state index contributed by atoms with van der Waals surface area (Å²) in [6.07, 6.45) is 5.17. The van der Waals surface area contributed by atoms with Crippen LogP contribution in [0.5, 0.6) is 5.75 Å². The largest absolute Gasteiger partial charge is 0.494 e. The van der Waals surface area contributed by atoms with E-state index in [1.807, 2.05) is 18.2 Å². The first-order chi connectivity index (χ1) is 15.2. The van der Waals surface area contributed by atoms with Gasteiger partial charge >= 0.3 is 0 Å². The lowest BCUT2D eigenvalue weighted by molar-refractivity contribution is 0.415. The molecule has 4 aromatic rings. The summed E-state index contributed by atoms with van der Waals surface area (Å²) in [5.74, 6) is 0.114. The summed E-state index contributed by atoms with van der Waals surface area (Å²) >= 11 is 0. The summed E-state index contributed by atoms with van der Waals surface area (Å²) in [4.78, 5) is 9.60. The predicted molar refractivity (Wildman–Crippen MR) is 117 cm³/mol. The van der Waals surface area contributed by atoms with E-state index in [1.165, 1.54) is 17.5 Å². The van der Waals surface area contributed by atoms with Crippen LogP contribution in [0.2, 0.25) is 0 Å². The number of benzene rings is 1. The summed E-state index contributed by atoms with van der Waals surface area (Å²) in [5, 5.41) is 10.8. The number of aromatic amines is 1. The molecule has 0 amide bonds. The van der Waals surface area contributed by atoms with Crippen LogP contribution in [0.25, 0.3) is 33.5 Å². The van der Waals surface area contributed by atoms with Gasteiger partial charge < -0.3 is 10.1 Å². The third kappa shape index (κ3) is 2.71. The monoisotopic (exact) mass is 398 g/mol. The maximum atomic E-state index is 8.43. The summed E-state index contributed by atoms with van der Waals surface area (Å²) < 4.78 is 14.1. The molecule has 1 aliphatic heterocycles. The lowest BCUT2D eigenvalue weighted by atomic mass is 9.98. The second kappa shape index (κ2) is 6.92. The van der Waals surface area contributed by atoms with Gasteiger partial charge in [-0.2, -0.15) is 5.10 Å². The average Bonchev–Trinajstić information content (AvgIpc) is 3.43. The number of rotatable bonds is 4. The SMILES string of the molecule is [2H]C1(c2ccc(-c3n[nH]c4cc(OC)c(-c5cccc6c5CCC6)nc34)cn2)CNC1. The van der Waals surface area contributed by atoms with Crippen molar-refractivity contribution in [3.63, 3.8) is 0 Å². The van der Waals surface area contributed by atoms with Crippen LogP contribution in [0.4, 0.5) is 0 Å². The molecule has 150 valence electrons. The van der Waals surface area contributed by atoms with Gasteiger partial charge in [0, 0.05) is 49.4 Å². The zero-order valence-electron chi connectivity index (χ0n) is 17.8. The number of aryl methyl sites for hydroxylation is 1. The van der Waals surface area contributed by atoms with Crippen molar-refractivity contribution in [3.05, 3.63) is 59.4 Å². The standard InChI is InChI=1S/C24H23N5O/c1-30-21-10-20-24(27-23(21)18-7-3-5-14-4-2-6-17(14)18)22(29-28-20)15-8-9-19(26-13-15)16-11-25-12-16/h3,5,7-10,13,16,25H,2,4,6,11-12H2,1H3,(H,28,29)/i16D. The summed E-state index contributed by atoms with van der Waals surface area (Å²) in [6, 6.07) is 12.3. The van der Waals surface area contributed by atoms with Crippen LogP contribution >= 0.6 is 0 Å². The van der Waals surface area contributed by atoms with E-state index in [0.717, 1.165) is 57.8 Å². The van der Waals surface area contributed by atoms with Crippen molar-refractivity contribution in [2.45, 2.75) is 25.2 Å². The van der Waals surface area contributed by atoms with Gasteiger partial charge in [-0.15, -0.1) is 0 Å². The molecular weight excluding hydrogens is 374 g/mol. The fourth-order valence-corrected chi connectivity index (χ4v) is 4.50. The molecule has 1 aromatic carbocycles. The fourth-order valence-electron chi connectivity index (χ4n) is 4.50. The van der Waals surface area contributed by atoms with Gasteiger partial charge in [0.25, 0.3) is 0 Å². The Morgan fingerprint density at radius 1 is 1.13 bits per heavy atom. The molecule has 6 nitrogen and oxygen atoms in total.